The SMILES string of the molecule is CC[C@H](C(=O)NCC(C)C)N(CCc1ccccc1)C(=O)CN(c1ccc(Cl)c(C(F)(F)F)c1)S(=O)(=O)c1ccc(C)cc1. The van der Waals surface area contributed by atoms with Gasteiger partial charge in [-0.15, -0.1) is 0 Å². The van der Waals surface area contributed by atoms with Gasteiger partial charge in [-0.05, 0) is 61.6 Å². The lowest BCUT2D eigenvalue weighted by Gasteiger charge is -2.33. The van der Waals surface area contributed by atoms with E-state index in [1.54, 1.807) is 26.0 Å². The smallest absolute Gasteiger partial charge is 0.354 e. The van der Waals surface area contributed by atoms with Gasteiger partial charge in [0.25, 0.3) is 10.0 Å². The van der Waals surface area contributed by atoms with Crippen molar-refractivity contribution in [1.82, 2.24) is 10.2 Å². The van der Waals surface area contributed by atoms with Crippen molar-refractivity contribution in [2.75, 3.05) is 23.9 Å². The first kappa shape index (κ1) is 34.9. The molecule has 12 heteroatoms. The molecule has 0 saturated heterocycles. The number of nitrogens with zero attached hydrogens (tertiary/aromatic N) is 2. The number of sulfonamides is 1. The van der Waals surface area contributed by atoms with E-state index in [0.717, 1.165) is 23.3 Å². The molecule has 7 nitrogen and oxygen atoms in total. The summed E-state index contributed by atoms with van der Waals surface area (Å²) in [7, 11) is -4.54. The lowest BCUT2D eigenvalue weighted by molar-refractivity contribution is -0.139. The predicted octanol–water partition coefficient (Wildman–Crippen LogP) is 6.48. The zero-order valence-corrected chi connectivity index (χ0v) is 26.6. The molecule has 0 aromatic heterocycles. The number of rotatable bonds is 13. The second kappa shape index (κ2) is 14.9. The fraction of sp³-hybridized carbons (Fsp3) is 0.375. The highest BCUT2D eigenvalue weighted by Crippen LogP contribution is 2.38. The number of amides is 2. The van der Waals surface area contributed by atoms with Crippen LogP contribution in [0.3, 0.4) is 0 Å². The fourth-order valence-electron chi connectivity index (χ4n) is 4.57. The van der Waals surface area contributed by atoms with E-state index in [1.807, 2.05) is 44.2 Å². The second-order valence-corrected chi connectivity index (χ2v) is 13.1. The predicted molar refractivity (Wildman–Crippen MR) is 166 cm³/mol. The van der Waals surface area contributed by atoms with E-state index in [-0.39, 0.29) is 23.8 Å². The highest BCUT2D eigenvalue weighted by atomic mass is 35.5. The van der Waals surface area contributed by atoms with Gasteiger partial charge in [0.05, 0.1) is 21.2 Å². The van der Waals surface area contributed by atoms with Gasteiger partial charge in [-0.3, -0.25) is 13.9 Å². The van der Waals surface area contributed by atoms with Gasteiger partial charge in [0.15, 0.2) is 0 Å². The number of hydrogen-bond acceptors (Lipinski definition) is 4. The maximum Gasteiger partial charge on any atom is 0.417 e. The normalized spacial score (nSPS) is 12.6. The van der Waals surface area contributed by atoms with Crippen molar-refractivity contribution in [3.8, 4) is 0 Å². The largest absolute Gasteiger partial charge is 0.417 e. The molecule has 2 amide bonds. The van der Waals surface area contributed by atoms with Crippen LogP contribution < -0.4 is 9.62 Å². The molecule has 238 valence electrons. The molecule has 1 N–H and O–H groups in total. The van der Waals surface area contributed by atoms with Crippen LogP contribution in [0.25, 0.3) is 0 Å². The van der Waals surface area contributed by atoms with E-state index in [1.165, 1.54) is 17.0 Å². The van der Waals surface area contributed by atoms with Crippen LogP contribution in [0.4, 0.5) is 18.9 Å². The molecule has 0 aliphatic carbocycles. The summed E-state index contributed by atoms with van der Waals surface area (Å²) in [6.45, 7) is 6.93. The van der Waals surface area contributed by atoms with Crippen molar-refractivity contribution >= 4 is 39.1 Å². The minimum atomic E-state index is -4.88. The number of carbonyl (C=O) groups is 2. The van der Waals surface area contributed by atoms with Crippen molar-refractivity contribution in [2.45, 2.75) is 57.7 Å². The molecule has 0 radical (unpaired) electrons. The summed E-state index contributed by atoms with van der Waals surface area (Å²) in [6.07, 6.45) is -4.28. The molecule has 0 aliphatic heterocycles. The maximum absolute atomic E-state index is 14.1. The van der Waals surface area contributed by atoms with Crippen molar-refractivity contribution in [1.29, 1.82) is 0 Å². The third-order valence-electron chi connectivity index (χ3n) is 6.99. The third kappa shape index (κ3) is 8.98. The maximum atomic E-state index is 14.1. The number of nitrogens with one attached hydrogen (secondary N) is 1. The van der Waals surface area contributed by atoms with E-state index in [9.17, 15) is 31.2 Å². The molecule has 0 unspecified atom stereocenters. The molecule has 0 bridgehead atoms. The van der Waals surface area contributed by atoms with Crippen LogP contribution in [0, 0.1) is 12.8 Å². The molecule has 0 saturated carbocycles. The molecule has 3 aromatic rings. The van der Waals surface area contributed by atoms with Gasteiger partial charge < -0.3 is 10.2 Å². The van der Waals surface area contributed by atoms with Crippen molar-refractivity contribution < 1.29 is 31.2 Å². The van der Waals surface area contributed by atoms with Crippen molar-refractivity contribution in [3.05, 3.63) is 94.5 Å². The minimum Gasteiger partial charge on any atom is -0.354 e. The van der Waals surface area contributed by atoms with Gasteiger partial charge in [0.2, 0.25) is 11.8 Å². The Morgan fingerprint density at radius 1 is 0.977 bits per heavy atom. The zero-order valence-electron chi connectivity index (χ0n) is 25.1. The molecule has 0 spiro atoms. The first-order valence-electron chi connectivity index (χ1n) is 14.2. The van der Waals surface area contributed by atoms with Crippen LogP contribution in [0.1, 0.15) is 43.9 Å². The second-order valence-electron chi connectivity index (χ2n) is 10.9. The highest BCUT2D eigenvalue weighted by molar-refractivity contribution is 7.92. The Kier molecular flexibility index (Phi) is 11.9. The number of hydrogen-bond donors (Lipinski definition) is 1. The lowest BCUT2D eigenvalue weighted by atomic mass is 10.1. The zero-order chi connectivity index (χ0) is 32.7. The highest BCUT2D eigenvalue weighted by Gasteiger charge is 2.37. The summed E-state index contributed by atoms with van der Waals surface area (Å²) in [5, 5.41) is 2.23. The Hall–Kier alpha value is -3.57. The summed E-state index contributed by atoms with van der Waals surface area (Å²) in [6, 6.07) is 16.7. The Balaban J connectivity index is 2.09. The van der Waals surface area contributed by atoms with Crippen LogP contribution in [0.5, 0.6) is 0 Å². The van der Waals surface area contributed by atoms with E-state index in [0.29, 0.717) is 23.3 Å². The standard InChI is InChI=1S/C32H37ClF3N3O4S/c1-5-29(31(41)37-20-22(2)3)38(18-17-24-9-7-6-8-10-24)30(40)21-39(44(42,43)26-14-11-23(4)12-15-26)25-13-16-28(33)27(19-25)32(34,35)36/h6-16,19,22,29H,5,17-18,20-21H2,1-4H3,(H,37,41)/t29-/m1/s1. The monoisotopic (exact) mass is 651 g/mol. The van der Waals surface area contributed by atoms with Crippen molar-refractivity contribution in [3.63, 3.8) is 0 Å². The summed E-state index contributed by atoms with van der Waals surface area (Å²) >= 11 is 5.83. The third-order valence-corrected chi connectivity index (χ3v) is 9.10. The van der Waals surface area contributed by atoms with Crippen LogP contribution in [0.15, 0.2) is 77.7 Å². The molecule has 0 heterocycles. The Morgan fingerprint density at radius 2 is 1.61 bits per heavy atom. The van der Waals surface area contributed by atoms with Crippen LogP contribution in [-0.2, 0) is 32.2 Å². The topological polar surface area (TPSA) is 86.8 Å². The molecule has 3 aromatic carbocycles. The van der Waals surface area contributed by atoms with E-state index >= 15 is 0 Å². The molecule has 0 fully saturated rings. The van der Waals surface area contributed by atoms with E-state index < -0.39 is 56.9 Å². The first-order chi connectivity index (χ1) is 20.6. The van der Waals surface area contributed by atoms with Gasteiger partial charge in [0.1, 0.15) is 12.6 Å². The molecule has 0 aliphatic rings. The van der Waals surface area contributed by atoms with Gasteiger partial charge in [-0.25, -0.2) is 8.42 Å². The van der Waals surface area contributed by atoms with Gasteiger partial charge >= 0.3 is 6.18 Å². The molecule has 1 atom stereocenters. The number of alkyl halides is 3. The summed E-state index contributed by atoms with van der Waals surface area (Å²) in [5.74, 6) is -0.999. The number of anilines is 1. The Labute approximate surface area is 262 Å². The summed E-state index contributed by atoms with van der Waals surface area (Å²) in [4.78, 5) is 28.4. The number of aryl methyl sites for hydroxylation is 1. The number of benzene rings is 3. The molecule has 3 rings (SSSR count). The quantitative estimate of drug-likeness (QED) is 0.229. The number of carbonyl (C=O) groups excluding carboxylic acids is 2. The van der Waals surface area contributed by atoms with E-state index in [2.05, 4.69) is 5.32 Å². The first-order valence-corrected chi connectivity index (χ1v) is 16.0. The summed E-state index contributed by atoms with van der Waals surface area (Å²) < 4.78 is 69.9. The van der Waals surface area contributed by atoms with Crippen LogP contribution >= 0.6 is 11.6 Å². The van der Waals surface area contributed by atoms with Gasteiger partial charge in [-0.2, -0.15) is 13.2 Å². The average Bonchev–Trinajstić information content (AvgIpc) is 2.97. The van der Waals surface area contributed by atoms with Crippen LogP contribution in [0.2, 0.25) is 5.02 Å². The molecular formula is C32H37ClF3N3O4S. The summed E-state index contributed by atoms with van der Waals surface area (Å²) in [5.41, 5.74) is 0.0201. The lowest BCUT2D eigenvalue weighted by Crippen LogP contribution is -2.53. The van der Waals surface area contributed by atoms with Gasteiger partial charge in [-0.1, -0.05) is 80.4 Å². The van der Waals surface area contributed by atoms with E-state index in [4.69, 9.17) is 11.6 Å². The van der Waals surface area contributed by atoms with Gasteiger partial charge in [0, 0.05) is 13.1 Å². The molecular weight excluding hydrogens is 615 g/mol. The van der Waals surface area contributed by atoms with Crippen molar-refractivity contribution in [2.24, 2.45) is 5.92 Å². The number of halogens is 4. The Morgan fingerprint density at radius 3 is 2.18 bits per heavy atom. The fourth-order valence-corrected chi connectivity index (χ4v) is 6.20. The average molecular weight is 652 g/mol. The van der Waals surface area contributed by atoms with Crippen LogP contribution in [-0.4, -0.2) is 50.8 Å². The molecule has 44 heavy (non-hydrogen) atoms. The minimum absolute atomic E-state index is 0.0727. The Bertz CT molecular complexity index is 1530.